The molecular formula is C25H26N2O3. The van der Waals surface area contributed by atoms with Crippen LogP contribution in [0.25, 0.3) is 0 Å². The van der Waals surface area contributed by atoms with Crippen molar-refractivity contribution in [1.29, 1.82) is 0 Å². The van der Waals surface area contributed by atoms with Gasteiger partial charge in [-0.2, -0.15) is 0 Å². The molecular weight excluding hydrogens is 376 g/mol. The van der Waals surface area contributed by atoms with Crippen LogP contribution in [0.2, 0.25) is 0 Å². The summed E-state index contributed by atoms with van der Waals surface area (Å²) in [5.41, 5.74) is 2.83. The lowest BCUT2D eigenvalue weighted by molar-refractivity contribution is 0.0953. The molecule has 0 aliphatic heterocycles. The average molecular weight is 402 g/mol. The molecule has 0 spiro atoms. The molecule has 0 bridgehead atoms. The number of hydrogen-bond donors (Lipinski definition) is 2. The third-order valence-electron chi connectivity index (χ3n) is 4.56. The van der Waals surface area contributed by atoms with Gasteiger partial charge in [0.25, 0.3) is 11.8 Å². The number of rotatable bonds is 9. The normalized spacial score (nSPS) is 10.3. The van der Waals surface area contributed by atoms with E-state index in [1.54, 1.807) is 42.5 Å². The van der Waals surface area contributed by atoms with Crippen molar-refractivity contribution in [2.24, 2.45) is 0 Å². The maximum absolute atomic E-state index is 12.8. The van der Waals surface area contributed by atoms with E-state index in [9.17, 15) is 9.59 Å². The summed E-state index contributed by atoms with van der Waals surface area (Å²) >= 11 is 0. The fourth-order valence-electron chi connectivity index (χ4n) is 2.95. The highest BCUT2D eigenvalue weighted by molar-refractivity contribution is 6.06. The van der Waals surface area contributed by atoms with E-state index in [0.29, 0.717) is 35.7 Å². The molecule has 0 unspecified atom stereocenters. The molecule has 0 aromatic heterocycles. The molecule has 0 saturated heterocycles. The van der Waals surface area contributed by atoms with Gasteiger partial charge in [-0.15, -0.1) is 0 Å². The summed E-state index contributed by atoms with van der Waals surface area (Å²) in [5.74, 6) is 0.168. The third kappa shape index (κ3) is 5.95. The summed E-state index contributed by atoms with van der Waals surface area (Å²) < 4.78 is 5.87. The lowest BCUT2D eigenvalue weighted by Crippen LogP contribution is -2.23. The Morgan fingerprint density at radius 1 is 0.833 bits per heavy atom. The Hall–Kier alpha value is -3.60. The Bertz CT molecular complexity index is 969. The number of benzene rings is 3. The second-order valence-electron chi connectivity index (χ2n) is 6.87. The van der Waals surface area contributed by atoms with Gasteiger partial charge in [0.2, 0.25) is 0 Å². The highest BCUT2D eigenvalue weighted by atomic mass is 16.5. The summed E-state index contributed by atoms with van der Waals surface area (Å²) in [6.07, 6.45) is 1.64. The summed E-state index contributed by atoms with van der Waals surface area (Å²) in [5, 5.41) is 5.70. The Morgan fingerprint density at radius 2 is 1.53 bits per heavy atom. The minimum Gasteiger partial charge on any atom is -0.492 e. The zero-order valence-electron chi connectivity index (χ0n) is 17.1. The topological polar surface area (TPSA) is 67.4 Å². The van der Waals surface area contributed by atoms with Crippen LogP contribution in [0.1, 0.15) is 39.6 Å². The zero-order valence-corrected chi connectivity index (χ0v) is 17.1. The van der Waals surface area contributed by atoms with Crippen LogP contribution < -0.4 is 15.4 Å². The van der Waals surface area contributed by atoms with Crippen LogP contribution in [0.3, 0.4) is 0 Å². The van der Waals surface area contributed by atoms with E-state index >= 15 is 0 Å². The van der Waals surface area contributed by atoms with Gasteiger partial charge < -0.3 is 15.4 Å². The van der Waals surface area contributed by atoms with Gasteiger partial charge in [0, 0.05) is 24.2 Å². The second-order valence-corrected chi connectivity index (χ2v) is 6.87. The third-order valence-corrected chi connectivity index (χ3v) is 4.56. The van der Waals surface area contributed by atoms with E-state index in [1.165, 1.54) is 5.56 Å². The van der Waals surface area contributed by atoms with Crippen LogP contribution in [-0.4, -0.2) is 25.0 Å². The van der Waals surface area contributed by atoms with E-state index in [1.807, 2.05) is 43.3 Å². The molecule has 0 fully saturated rings. The van der Waals surface area contributed by atoms with Crippen LogP contribution in [0.15, 0.2) is 78.9 Å². The molecule has 5 heteroatoms. The minimum absolute atomic E-state index is 0.119. The first-order valence-electron chi connectivity index (χ1n) is 10.1. The van der Waals surface area contributed by atoms with Crippen molar-refractivity contribution in [1.82, 2.24) is 5.32 Å². The molecule has 5 nitrogen and oxygen atoms in total. The Kier molecular flexibility index (Phi) is 7.61. The molecule has 0 radical (unpaired) electrons. The van der Waals surface area contributed by atoms with Gasteiger partial charge in [0.05, 0.1) is 12.2 Å². The van der Waals surface area contributed by atoms with E-state index in [2.05, 4.69) is 10.6 Å². The van der Waals surface area contributed by atoms with Crippen molar-refractivity contribution in [2.75, 3.05) is 18.5 Å². The molecule has 30 heavy (non-hydrogen) atoms. The molecule has 2 amide bonds. The summed E-state index contributed by atoms with van der Waals surface area (Å²) in [6.45, 7) is 3.12. The molecule has 0 aliphatic carbocycles. The summed E-state index contributed by atoms with van der Waals surface area (Å²) in [4.78, 5) is 24.7. The van der Waals surface area contributed by atoms with Gasteiger partial charge in [-0.3, -0.25) is 9.59 Å². The molecule has 154 valence electrons. The second kappa shape index (κ2) is 10.8. The Labute approximate surface area is 177 Å². The molecule has 0 heterocycles. The predicted molar refractivity (Wildman–Crippen MR) is 119 cm³/mol. The monoisotopic (exact) mass is 402 g/mol. The first kappa shape index (κ1) is 21.1. The van der Waals surface area contributed by atoms with Crippen molar-refractivity contribution >= 4 is 17.5 Å². The number of para-hydroxylation sites is 1. The Morgan fingerprint density at radius 3 is 2.27 bits per heavy atom. The van der Waals surface area contributed by atoms with Gasteiger partial charge in [-0.05, 0) is 48.4 Å². The number of carbonyl (C=O) groups excluding carboxylic acids is 2. The number of ether oxygens (including phenoxy) is 1. The van der Waals surface area contributed by atoms with E-state index < -0.39 is 0 Å². The largest absolute Gasteiger partial charge is 0.492 e. The van der Waals surface area contributed by atoms with Gasteiger partial charge in [-0.25, -0.2) is 0 Å². The number of carbonyl (C=O) groups is 2. The van der Waals surface area contributed by atoms with Gasteiger partial charge >= 0.3 is 0 Å². The summed E-state index contributed by atoms with van der Waals surface area (Å²) in [7, 11) is 0. The van der Waals surface area contributed by atoms with Crippen molar-refractivity contribution in [3.63, 3.8) is 0 Å². The standard InChI is InChI=1S/C25H26N2O3/c1-2-17-26-24(28)20-12-14-21(15-13-20)27-25(29)22-10-6-7-11-23(22)30-18-16-19-8-4-3-5-9-19/h3-15H,2,16-18H2,1H3,(H,26,28)(H,27,29). The van der Waals surface area contributed by atoms with Crippen molar-refractivity contribution in [3.05, 3.63) is 95.6 Å². The number of nitrogens with one attached hydrogen (secondary N) is 2. The molecule has 3 rings (SSSR count). The van der Waals surface area contributed by atoms with Crippen LogP contribution in [0.4, 0.5) is 5.69 Å². The first-order valence-corrected chi connectivity index (χ1v) is 10.1. The molecule has 3 aromatic rings. The molecule has 0 saturated carbocycles. The number of hydrogen-bond acceptors (Lipinski definition) is 3. The van der Waals surface area contributed by atoms with E-state index in [0.717, 1.165) is 12.8 Å². The predicted octanol–water partition coefficient (Wildman–Crippen LogP) is 4.70. The van der Waals surface area contributed by atoms with Crippen LogP contribution in [-0.2, 0) is 6.42 Å². The van der Waals surface area contributed by atoms with E-state index in [4.69, 9.17) is 4.74 Å². The van der Waals surface area contributed by atoms with Crippen molar-refractivity contribution < 1.29 is 14.3 Å². The lowest BCUT2D eigenvalue weighted by Gasteiger charge is -2.12. The highest BCUT2D eigenvalue weighted by Crippen LogP contribution is 2.20. The van der Waals surface area contributed by atoms with Crippen molar-refractivity contribution in [3.8, 4) is 5.75 Å². The maximum atomic E-state index is 12.8. The molecule has 2 N–H and O–H groups in total. The lowest BCUT2D eigenvalue weighted by atomic mass is 10.1. The van der Waals surface area contributed by atoms with Crippen LogP contribution >= 0.6 is 0 Å². The van der Waals surface area contributed by atoms with Gasteiger partial charge in [-0.1, -0.05) is 49.4 Å². The van der Waals surface area contributed by atoms with Gasteiger partial charge in [0.15, 0.2) is 0 Å². The van der Waals surface area contributed by atoms with E-state index in [-0.39, 0.29) is 11.8 Å². The number of anilines is 1. The quantitative estimate of drug-likeness (QED) is 0.545. The highest BCUT2D eigenvalue weighted by Gasteiger charge is 2.13. The minimum atomic E-state index is -0.256. The fraction of sp³-hybridized carbons (Fsp3) is 0.200. The Balaban J connectivity index is 1.60. The zero-order chi connectivity index (χ0) is 21.2. The van der Waals surface area contributed by atoms with Crippen LogP contribution in [0, 0.1) is 0 Å². The SMILES string of the molecule is CCCNC(=O)c1ccc(NC(=O)c2ccccc2OCCc2ccccc2)cc1. The van der Waals surface area contributed by atoms with Crippen molar-refractivity contribution in [2.45, 2.75) is 19.8 Å². The van der Waals surface area contributed by atoms with Gasteiger partial charge in [0.1, 0.15) is 5.75 Å². The molecule has 3 aromatic carbocycles. The maximum Gasteiger partial charge on any atom is 0.259 e. The number of amides is 2. The smallest absolute Gasteiger partial charge is 0.259 e. The fourth-order valence-corrected chi connectivity index (χ4v) is 2.95. The molecule has 0 aliphatic rings. The first-order chi connectivity index (χ1) is 14.7. The molecule has 0 atom stereocenters. The average Bonchev–Trinajstić information content (AvgIpc) is 2.79. The summed E-state index contributed by atoms with van der Waals surface area (Å²) in [6, 6.07) is 24.1. The van der Waals surface area contributed by atoms with Crippen LogP contribution in [0.5, 0.6) is 5.75 Å².